The Kier molecular flexibility index (Phi) is 5.98. The summed E-state index contributed by atoms with van der Waals surface area (Å²) < 4.78 is 1.07. The van der Waals surface area contributed by atoms with Gasteiger partial charge < -0.3 is 10.2 Å². The molecule has 2 aromatic carbocycles. The molecule has 1 aromatic heterocycles. The zero-order valence-corrected chi connectivity index (χ0v) is 15.1. The second kappa shape index (κ2) is 8.60. The molecule has 0 bridgehead atoms. The summed E-state index contributed by atoms with van der Waals surface area (Å²) in [6, 6.07) is 18.0. The SMILES string of the molecule is CN(CCCNC(=O)Nc1nc2ccccc2s1)Cc1ccccc1. The first kappa shape index (κ1) is 17.4. The molecule has 0 aliphatic heterocycles. The van der Waals surface area contributed by atoms with Crippen molar-refractivity contribution in [2.24, 2.45) is 0 Å². The number of nitrogens with one attached hydrogen (secondary N) is 2. The van der Waals surface area contributed by atoms with Crippen LogP contribution in [0.5, 0.6) is 0 Å². The molecule has 5 nitrogen and oxygen atoms in total. The molecule has 6 heteroatoms. The second-order valence-corrected chi connectivity index (χ2v) is 6.98. The van der Waals surface area contributed by atoms with E-state index in [1.54, 1.807) is 0 Å². The Morgan fingerprint density at radius 3 is 2.68 bits per heavy atom. The van der Waals surface area contributed by atoms with Crippen LogP contribution in [-0.2, 0) is 6.54 Å². The molecule has 0 aliphatic rings. The van der Waals surface area contributed by atoms with E-state index in [4.69, 9.17) is 0 Å². The number of aromatic nitrogens is 1. The van der Waals surface area contributed by atoms with Crippen LogP contribution < -0.4 is 10.6 Å². The molecule has 1 heterocycles. The fraction of sp³-hybridized carbons (Fsp3) is 0.263. The molecule has 0 aliphatic carbocycles. The predicted molar refractivity (Wildman–Crippen MR) is 104 cm³/mol. The Morgan fingerprint density at radius 2 is 1.88 bits per heavy atom. The van der Waals surface area contributed by atoms with E-state index in [9.17, 15) is 4.79 Å². The van der Waals surface area contributed by atoms with Crippen LogP contribution in [0.15, 0.2) is 54.6 Å². The Labute approximate surface area is 151 Å². The molecule has 0 fully saturated rings. The van der Waals surface area contributed by atoms with Crippen LogP contribution in [0.2, 0.25) is 0 Å². The van der Waals surface area contributed by atoms with Crippen LogP contribution >= 0.6 is 11.3 Å². The number of amides is 2. The van der Waals surface area contributed by atoms with Gasteiger partial charge in [0.25, 0.3) is 0 Å². The minimum absolute atomic E-state index is 0.204. The first-order valence-electron chi connectivity index (χ1n) is 8.33. The Morgan fingerprint density at radius 1 is 1.12 bits per heavy atom. The second-order valence-electron chi connectivity index (χ2n) is 5.94. The van der Waals surface area contributed by atoms with Gasteiger partial charge in [0.15, 0.2) is 5.13 Å². The van der Waals surface area contributed by atoms with Crippen LogP contribution in [0.4, 0.5) is 9.93 Å². The van der Waals surface area contributed by atoms with E-state index in [1.165, 1.54) is 16.9 Å². The van der Waals surface area contributed by atoms with Crippen LogP contribution in [0.1, 0.15) is 12.0 Å². The minimum Gasteiger partial charge on any atom is -0.338 e. The van der Waals surface area contributed by atoms with Crippen molar-refractivity contribution < 1.29 is 4.79 Å². The number of carbonyl (C=O) groups is 1. The number of para-hydroxylation sites is 1. The van der Waals surface area contributed by atoms with E-state index >= 15 is 0 Å². The van der Waals surface area contributed by atoms with E-state index in [2.05, 4.69) is 51.8 Å². The summed E-state index contributed by atoms with van der Waals surface area (Å²) in [5.41, 5.74) is 2.21. The van der Waals surface area contributed by atoms with E-state index in [0.29, 0.717) is 11.7 Å². The lowest BCUT2D eigenvalue weighted by molar-refractivity contribution is 0.250. The zero-order valence-electron chi connectivity index (χ0n) is 14.2. The summed E-state index contributed by atoms with van der Waals surface area (Å²) >= 11 is 1.48. The maximum atomic E-state index is 12.0. The molecule has 0 radical (unpaired) electrons. The number of hydrogen-bond acceptors (Lipinski definition) is 4. The summed E-state index contributed by atoms with van der Waals surface area (Å²) in [4.78, 5) is 18.6. The van der Waals surface area contributed by atoms with Gasteiger partial charge in [-0.3, -0.25) is 5.32 Å². The summed E-state index contributed by atoms with van der Waals surface area (Å²) in [7, 11) is 2.09. The van der Waals surface area contributed by atoms with Crippen LogP contribution in [-0.4, -0.2) is 36.1 Å². The lowest BCUT2D eigenvalue weighted by Crippen LogP contribution is -2.31. The highest BCUT2D eigenvalue weighted by atomic mass is 32.1. The molecule has 0 saturated heterocycles. The average Bonchev–Trinajstić information content (AvgIpc) is 3.02. The first-order chi connectivity index (χ1) is 12.2. The van der Waals surface area contributed by atoms with Crippen LogP contribution in [0, 0.1) is 0 Å². The molecule has 130 valence electrons. The number of anilines is 1. The average molecular weight is 354 g/mol. The third-order valence-corrected chi connectivity index (χ3v) is 4.76. The number of carbonyl (C=O) groups excluding carboxylic acids is 1. The van der Waals surface area contributed by atoms with Crippen molar-refractivity contribution in [3.63, 3.8) is 0 Å². The number of fused-ring (bicyclic) bond motifs is 1. The Hall–Kier alpha value is -2.44. The molecule has 3 rings (SSSR count). The van der Waals surface area contributed by atoms with Crippen molar-refractivity contribution >= 4 is 32.7 Å². The van der Waals surface area contributed by atoms with Gasteiger partial charge in [0, 0.05) is 13.1 Å². The standard InChI is InChI=1S/C19H22N4OS/c1-23(14-15-8-3-2-4-9-15)13-7-12-20-18(24)22-19-21-16-10-5-6-11-17(16)25-19/h2-6,8-11H,7,12-14H2,1H3,(H2,20,21,22,24). The van der Waals surface area contributed by atoms with Crippen molar-refractivity contribution in [2.45, 2.75) is 13.0 Å². The third kappa shape index (κ3) is 5.27. The predicted octanol–water partition coefficient (Wildman–Crippen LogP) is 3.94. The number of hydrogen-bond donors (Lipinski definition) is 2. The largest absolute Gasteiger partial charge is 0.338 e. The highest BCUT2D eigenvalue weighted by Crippen LogP contribution is 2.25. The van der Waals surface area contributed by atoms with Gasteiger partial charge in [-0.05, 0) is 37.7 Å². The molecule has 3 aromatic rings. The first-order valence-corrected chi connectivity index (χ1v) is 9.15. The molecule has 2 N–H and O–H groups in total. The van der Waals surface area contributed by atoms with Gasteiger partial charge in [-0.1, -0.05) is 53.8 Å². The van der Waals surface area contributed by atoms with Crippen LogP contribution in [0.3, 0.4) is 0 Å². The van der Waals surface area contributed by atoms with E-state index < -0.39 is 0 Å². The van der Waals surface area contributed by atoms with Gasteiger partial charge in [-0.15, -0.1) is 0 Å². The number of rotatable bonds is 7. The molecule has 0 saturated carbocycles. The Balaban J connectivity index is 1.36. The summed E-state index contributed by atoms with van der Waals surface area (Å²) in [6.45, 7) is 2.48. The molecular formula is C19H22N4OS. The maximum Gasteiger partial charge on any atom is 0.321 e. The molecule has 25 heavy (non-hydrogen) atoms. The summed E-state index contributed by atoms with van der Waals surface area (Å²) in [6.07, 6.45) is 0.899. The smallest absolute Gasteiger partial charge is 0.321 e. The fourth-order valence-corrected chi connectivity index (χ4v) is 3.45. The number of thiazole rings is 1. The molecule has 0 spiro atoms. The van der Waals surface area contributed by atoms with Crippen molar-refractivity contribution in [1.29, 1.82) is 0 Å². The molecule has 2 amide bonds. The summed E-state index contributed by atoms with van der Waals surface area (Å²) in [5, 5.41) is 6.31. The van der Waals surface area contributed by atoms with E-state index in [1.807, 2.05) is 30.3 Å². The molecule has 0 unspecified atom stereocenters. The zero-order chi connectivity index (χ0) is 17.5. The van der Waals surface area contributed by atoms with E-state index in [-0.39, 0.29) is 6.03 Å². The number of nitrogens with zero attached hydrogens (tertiary/aromatic N) is 2. The highest BCUT2D eigenvalue weighted by Gasteiger charge is 2.07. The van der Waals surface area contributed by atoms with E-state index in [0.717, 1.165) is 29.7 Å². The lowest BCUT2D eigenvalue weighted by atomic mass is 10.2. The van der Waals surface area contributed by atoms with Crippen molar-refractivity contribution in [3.8, 4) is 0 Å². The minimum atomic E-state index is -0.204. The monoisotopic (exact) mass is 354 g/mol. The van der Waals surface area contributed by atoms with Crippen molar-refractivity contribution in [3.05, 3.63) is 60.2 Å². The highest BCUT2D eigenvalue weighted by molar-refractivity contribution is 7.22. The quantitative estimate of drug-likeness (QED) is 0.632. The number of urea groups is 1. The van der Waals surface area contributed by atoms with Gasteiger partial charge in [0.1, 0.15) is 0 Å². The maximum absolute atomic E-state index is 12.0. The summed E-state index contributed by atoms with van der Waals surface area (Å²) in [5.74, 6) is 0. The van der Waals surface area contributed by atoms with Crippen LogP contribution in [0.25, 0.3) is 10.2 Å². The topological polar surface area (TPSA) is 57.3 Å². The molecule has 0 atom stereocenters. The Bertz CT molecular complexity index is 785. The van der Waals surface area contributed by atoms with Gasteiger partial charge >= 0.3 is 6.03 Å². The van der Waals surface area contributed by atoms with Gasteiger partial charge in [-0.2, -0.15) is 0 Å². The van der Waals surface area contributed by atoms with Gasteiger partial charge in [-0.25, -0.2) is 9.78 Å². The molecular weight excluding hydrogens is 332 g/mol. The van der Waals surface area contributed by atoms with Gasteiger partial charge in [0.05, 0.1) is 10.2 Å². The number of benzene rings is 2. The third-order valence-electron chi connectivity index (χ3n) is 3.81. The van der Waals surface area contributed by atoms with Crippen molar-refractivity contribution in [2.75, 3.05) is 25.5 Å². The van der Waals surface area contributed by atoms with Gasteiger partial charge in [0.2, 0.25) is 0 Å². The lowest BCUT2D eigenvalue weighted by Gasteiger charge is -2.16. The van der Waals surface area contributed by atoms with Crippen molar-refractivity contribution in [1.82, 2.24) is 15.2 Å². The normalized spacial score (nSPS) is 11.0. The fourth-order valence-electron chi connectivity index (χ4n) is 2.59.